The summed E-state index contributed by atoms with van der Waals surface area (Å²) in [5.74, 6) is 1.98. The highest BCUT2D eigenvalue weighted by molar-refractivity contribution is 5.49. The van der Waals surface area contributed by atoms with Gasteiger partial charge in [-0.25, -0.2) is 4.98 Å². The van der Waals surface area contributed by atoms with Crippen LogP contribution in [0.2, 0.25) is 0 Å². The van der Waals surface area contributed by atoms with Gasteiger partial charge in [0.2, 0.25) is 0 Å². The normalized spacial score (nSPS) is 10.6. The fourth-order valence-electron chi connectivity index (χ4n) is 2.09. The molecule has 0 unspecified atom stereocenters. The Morgan fingerprint density at radius 1 is 1.05 bits per heavy atom. The minimum absolute atomic E-state index is 0.705. The lowest BCUT2D eigenvalue weighted by Gasteiger charge is -2.09. The summed E-state index contributed by atoms with van der Waals surface area (Å²) in [5, 5.41) is 3.40. The maximum absolute atomic E-state index is 5.66. The largest absolute Gasteiger partial charge is 0.494 e. The Morgan fingerprint density at radius 2 is 1.95 bits per heavy atom. The van der Waals surface area contributed by atoms with Gasteiger partial charge in [0.05, 0.1) is 6.61 Å². The van der Waals surface area contributed by atoms with Gasteiger partial charge in [-0.1, -0.05) is 24.3 Å². The number of ether oxygens (including phenoxy) is 1. The van der Waals surface area contributed by atoms with Crippen LogP contribution in [0, 0.1) is 0 Å². The minimum Gasteiger partial charge on any atom is -0.494 e. The quantitative estimate of drug-likeness (QED) is 0.697. The number of fused-ring (bicyclic) bond motifs is 1. The monoisotopic (exact) mass is 267 g/mol. The third kappa shape index (κ3) is 2.91. The van der Waals surface area contributed by atoms with E-state index in [2.05, 4.69) is 10.3 Å². The summed E-state index contributed by atoms with van der Waals surface area (Å²) in [5.41, 5.74) is 0.954. The summed E-state index contributed by atoms with van der Waals surface area (Å²) >= 11 is 0. The topological polar surface area (TPSA) is 38.6 Å². The number of para-hydroxylation sites is 1. The summed E-state index contributed by atoms with van der Waals surface area (Å²) < 4.78 is 7.70. The van der Waals surface area contributed by atoms with E-state index in [0.29, 0.717) is 6.61 Å². The Balaban J connectivity index is 1.47. The first-order chi connectivity index (χ1) is 9.93. The zero-order chi connectivity index (χ0) is 13.6. The lowest BCUT2D eigenvalue weighted by Crippen LogP contribution is -2.09. The molecule has 1 aromatic carbocycles. The molecular weight excluding hydrogens is 250 g/mol. The minimum atomic E-state index is 0.705. The van der Waals surface area contributed by atoms with Gasteiger partial charge in [0.15, 0.2) is 0 Å². The maximum Gasteiger partial charge on any atom is 0.138 e. The van der Waals surface area contributed by atoms with Crippen molar-refractivity contribution in [2.75, 3.05) is 18.5 Å². The number of imidazole rings is 1. The van der Waals surface area contributed by atoms with E-state index in [0.717, 1.165) is 30.2 Å². The number of anilines is 1. The van der Waals surface area contributed by atoms with E-state index in [1.54, 1.807) is 6.20 Å². The molecule has 0 aliphatic heterocycles. The molecular formula is C16H17N3O. The molecule has 2 aromatic heterocycles. The van der Waals surface area contributed by atoms with E-state index >= 15 is 0 Å². The van der Waals surface area contributed by atoms with Crippen molar-refractivity contribution in [3.05, 3.63) is 60.9 Å². The van der Waals surface area contributed by atoms with Gasteiger partial charge in [0.1, 0.15) is 17.2 Å². The van der Waals surface area contributed by atoms with Gasteiger partial charge in [0.25, 0.3) is 0 Å². The second kappa shape index (κ2) is 6.10. The summed E-state index contributed by atoms with van der Waals surface area (Å²) in [7, 11) is 0. The zero-order valence-corrected chi connectivity index (χ0v) is 11.2. The molecule has 4 nitrogen and oxygen atoms in total. The van der Waals surface area contributed by atoms with E-state index in [-0.39, 0.29) is 0 Å². The zero-order valence-electron chi connectivity index (χ0n) is 11.2. The number of nitrogens with zero attached hydrogens (tertiary/aromatic N) is 2. The molecule has 0 aliphatic rings. The highest BCUT2D eigenvalue weighted by Crippen LogP contribution is 2.11. The van der Waals surface area contributed by atoms with E-state index in [9.17, 15) is 0 Å². The van der Waals surface area contributed by atoms with E-state index < -0.39 is 0 Å². The SMILES string of the molecule is c1ccc(OCCCNc2cccc3nccn23)cc1. The molecule has 0 fully saturated rings. The molecule has 20 heavy (non-hydrogen) atoms. The van der Waals surface area contributed by atoms with Crippen LogP contribution in [0.1, 0.15) is 6.42 Å². The molecule has 0 radical (unpaired) electrons. The molecule has 0 amide bonds. The first kappa shape index (κ1) is 12.5. The predicted octanol–water partition coefficient (Wildman–Crippen LogP) is 3.22. The smallest absolute Gasteiger partial charge is 0.138 e. The van der Waals surface area contributed by atoms with Crippen molar-refractivity contribution in [2.45, 2.75) is 6.42 Å². The highest BCUT2D eigenvalue weighted by Gasteiger charge is 1.99. The van der Waals surface area contributed by atoms with Crippen LogP contribution in [-0.4, -0.2) is 22.5 Å². The third-order valence-electron chi connectivity index (χ3n) is 3.07. The van der Waals surface area contributed by atoms with Gasteiger partial charge in [-0.05, 0) is 30.7 Å². The van der Waals surface area contributed by atoms with Crippen molar-refractivity contribution in [1.82, 2.24) is 9.38 Å². The van der Waals surface area contributed by atoms with Crippen molar-refractivity contribution in [3.8, 4) is 5.75 Å². The molecule has 2 heterocycles. The van der Waals surface area contributed by atoms with Gasteiger partial charge in [-0.3, -0.25) is 4.40 Å². The van der Waals surface area contributed by atoms with Gasteiger partial charge in [-0.2, -0.15) is 0 Å². The number of hydrogen-bond donors (Lipinski definition) is 1. The van der Waals surface area contributed by atoms with Crippen LogP contribution in [-0.2, 0) is 0 Å². The third-order valence-corrected chi connectivity index (χ3v) is 3.07. The first-order valence-corrected chi connectivity index (χ1v) is 6.77. The Kier molecular flexibility index (Phi) is 3.83. The lowest BCUT2D eigenvalue weighted by molar-refractivity contribution is 0.315. The summed E-state index contributed by atoms with van der Waals surface area (Å²) in [6.07, 6.45) is 4.71. The standard InChI is InChI=1S/C16H17N3O/c1-2-6-14(7-3-1)20-13-5-10-17-15-8-4-9-16-18-11-12-19(15)16/h1-4,6-9,11-12,17H,5,10,13H2. The van der Waals surface area contributed by atoms with Crippen molar-refractivity contribution in [2.24, 2.45) is 0 Å². The molecule has 0 saturated heterocycles. The van der Waals surface area contributed by atoms with Crippen LogP contribution in [0.25, 0.3) is 5.65 Å². The van der Waals surface area contributed by atoms with E-state index in [1.165, 1.54) is 0 Å². The number of rotatable bonds is 6. The Hall–Kier alpha value is -2.49. The average Bonchev–Trinajstić information content (AvgIpc) is 2.97. The second-order valence-corrected chi connectivity index (χ2v) is 4.51. The average molecular weight is 267 g/mol. The van der Waals surface area contributed by atoms with Crippen LogP contribution in [0.3, 0.4) is 0 Å². The van der Waals surface area contributed by atoms with Crippen LogP contribution in [0.5, 0.6) is 5.75 Å². The summed E-state index contributed by atoms with van der Waals surface area (Å²) in [6, 6.07) is 15.9. The molecule has 0 saturated carbocycles. The maximum atomic E-state index is 5.66. The van der Waals surface area contributed by atoms with Crippen LogP contribution in [0.4, 0.5) is 5.82 Å². The number of hydrogen-bond acceptors (Lipinski definition) is 3. The summed E-state index contributed by atoms with van der Waals surface area (Å²) in [4.78, 5) is 4.26. The van der Waals surface area contributed by atoms with Crippen LogP contribution >= 0.6 is 0 Å². The molecule has 3 aromatic rings. The van der Waals surface area contributed by atoms with Gasteiger partial charge in [0, 0.05) is 18.9 Å². The van der Waals surface area contributed by atoms with E-state index in [1.807, 2.05) is 59.1 Å². The Bertz CT molecular complexity index is 664. The Morgan fingerprint density at radius 3 is 2.85 bits per heavy atom. The fourth-order valence-corrected chi connectivity index (χ4v) is 2.09. The van der Waals surface area contributed by atoms with Crippen molar-refractivity contribution in [3.63, 3.8) is 0 Å². The number of aromatic nitrogens is 2. The molecule has 3 rings (SSSR count). The highest BCUT2D eigenvalue weighted by atomic mass is 16.5. The summed E-state index contributed by atoms with van der Waals surface area (Å²) in [6.45, 7) is 1.57. The molecule has 0 bridgehead atoms. The number of nitrogens with one attached hydrogen (secondary N) is 1. The molecule has 1 N–H and O–H groups in total. The molecule has 102 valence electrons. The van der Waals surface area contributed by atoms with Crippen LogP contribution in [0.15, 0.2) is 60.9 Å². The molecule has 4 heteroatoms. The van der Waals surface area contributed by atoms with Crippen molar-refractivity contribution >= 4 is 11.5 Å². The van der Waals surface area contributed by atoms with Crippen molar-refractivity contribution in [1.29, 1.82) is 0 Å². The van der Waals surface area contributed by atoms with Crippen LogP contribution < -0.4 is 10.1 Å². The first-order valence-electron chi connectivity index (χ1n) is 6.77. The molecule has 0 aliphatic carbocycles. The van der Waals surface area contributed by atoms with Gasteiger partial charge < -0.3 is 10.1 Å². The van der Waals surface area contributed by atoms with Crippen molar-refractivity contribution < 1.29 is 4.74 Å². The second-order valence-electron chi connectivity index (χ2n) is 4.51. The van der Waals surface area contributed by atoms with Gasteiger partial charge in [-0.15, -0.1) is 0 Å². The van der Waals surface area contributed by atoms with E-state index in [4.69, 9.17) is 4.74 Å². The lowest BCUT2D eigenvalue weighted by atomic mass is 10.3. The Labute approximate surface area is 118 Å². The molecule has 0 spiro atoms. The van der Waals surface area contributed by atoms with Gasteiger partial charge >= 0.3 is 0 Å². The fraction of sp³-hybridized carbons (Fsp3) is 0.188. The predicted molar refractivity (Wildman–Crippen MR) is 80.2 cm³/mol. The number of pyridine rings is 1. The number of benzene rings is 1. The molecule has 0 atom stereocenters.